The monoisotopic (exact) mass is 564 g/mol. The average Bonchev–Trinajstić information content (AvgIpc) is 3.31. The molecule has 4 rings (SSSR count). The van der Waals surface area contributed by atoms with Crippen LogP contribution in [0.3, 0.4) is 0 Å². The second kappa shape index (κ2) is 12.0. The van der Waals surface area contributed by atoms with Gasteiger partial charge in [-0.15, -0.1) is 0 Å². The lowest BCUT2D eigenvalue weighted by Gasteiger charge is -2.39. The van der Waals surface area contributed by atoms with Gasteiger partial charge in [-0.2, -0.15) is 0 Å². The van der Waals surface area contributed by atoms with Crippen molar-refractivity contribution in [3.05, 3.63) is 70.4 Å². The number of likely N-dealkylation sites (tertiary alicyclic amines) is 1. The highest BCUT2D eigenvalue weighted by atomic mass is 19.1. The van der Waals surface area contributed by atoms with Gasteiger partial charge in [0.05, 0.1) is 11.1 Å². The molecule has 0 aliphatic carbocycles. The van der Waals surface area contributed by atoms with E-state index in [4.69, 9.17) is 9.47 Å². The van der Waals surface area contributed by atoms with Crippen molar-refractivity contribution >= 4 is 23.0 Å². The fourth-order valence-electron chi connectivity index (χ4n) is 5.98. The molecule has 7 heteroatoms. The first-order valence-corrected chi connectivity index (χ1v) is 14.6. The number of aromatic nitrogens is 1. The summed E-state index contributed by atoms with van der Waals surface area (Å²) in [6, 6.07) is 11.9. The van der Waals surface area contributed by atoms with Crippen LogP contribution in [0.2, 0.25) is 0 Å². The second-order valence-electron chi connectivity index (χ2n) is 13.4. The second-order valence-corrected chi connectivity index (χ2v) is 13.4. The molecule has 1 aliphatic rings. The van der Waals surface area contributed by atoms with Crippen LogP contribution in [0.15, 0.2) is 42.6 Å². The molecular formula is C34H45FN2O4. The van der Waals surface area contributed by atoms with Gasteiger partial charge in [-0.05, 0) is 127 Å². The Hall–Kier alpha value is -3.19. The molecule has 1 saturated heterocycles. The van der Waals surface area contributed by atoms with Crippen molar-refractivity contribution in [3.8, 4) is 0 Å². The predicted molar refractivity (Wildman–Crippen MR) is 162 cm³/mol. The lowest BCUT2D eigenvalue weighted by atomic mass is 9.76. The van der Waals surface area contributed by atoms with Crippen molar-refractivity contribution in [3.63, 3.8) is 0 Å². The zero-order valence-electron chi connectivity index (χ0n) is 25.8. The summed E-state index contributed by atoms with van der Waals surface area (Å²) in [5.74, 6) is 0.148. The lowest BCUT2D eigenvalue weighted by molar-refractivity contribution is 0.00691. The standard InChI is InChI=1S/C34H45FN2O4/c1-22-19-23(2)30-27(14-17-37(30)32(39)41-34(6,7)8)28(22)20-26-13-16-36(18-15-35)21-29(26)24-9-11-25(12-10-24)31(38)40-33(3,4)5/h9-12,14,17,19,26,29H,13,15-16,18,20-21H2,1-8H3/t26-,29-/m0/s1. The number of nitrogens with zero attached hydrogens (tertiary/aromatic N) is 2. The number of hydrogen-bond donors (Lipinski definition) is 0. The maximum atomic E-state index is 13.3. The van der Waals surface area contributed by atoms with Gasteiger partial charge in [0.25, 0.3) is 0 Å². The van der Waals surface area contributed by atoms with Gasteiger partial charge in [-0.1, -0.05) is 18.2 Å². The number of alkyl halides is 1. The molecule has 2 heterocycles. The van der Waals surface area contributed by atoms with Gasteiger partial charge in [-0.25, -0.2) is 14.0 Å². The van der Waals surface area contributed by atoms with E-state index >= 15 is 0 Å². The van der Waals surface area contributed by atoms with Crippen LogP contribution in [0.4, 0.5) is 9.18 Å². The minimum absolute atomic E-state index is 0.173. The molecule has 0 N–H and O–H groups in total. The van der Waals surface area contributed by atoms with Crippen molar-refractivity contribution in [2.45, 2.75) is 85.4 Å². The van der Waals surface area contributed by atoms with Gasteiger partial charge in [-0.3, -0.25) is 4.57 Å². The summed E-state index contributed by atoms with van der Waals surface area (Å²) in [6.45, 7) is 17.0. The molecular weight excluding hydrogens is 519 g/mol. The lowest BCUT2D eigenvalue weighted by Crippen LogP contribution is -2.41. The number of benzene rings is 2. The Balaban J connectivity index is 1.66. The number of hydrogen-bond acceptors (Lipinski definition) is 5. The van der Waals surface area contributed by atoms with Gasteiger partial charge >= 0.3 is 12.1 Å². The number of rotatable bonds is 6. The Labute approximate surface area is 243 Å². The summed E-state index contributed by atoms with van der Waals surface area (Å²) in [5.41, 5.74) is 4.85. The Morgan fingerprint density at radius 1 is 0.951 bits per heavy atom. The maximum absolute atomic E-state index is 13.3. The molecule has 0 saturated carbocycles. The fourth-order valence-corrected chi connectivity index (χ4v) is 5.98. The average molecular weight is 565 g/mol. The van der Waals surface area contributed by atoms with E-state index in [1.807, 2.05) is 85.0 Å². The summed E-state index contributed by atoms with van der Waals surface area (Å²) >= 11 is 0. The first-order chi connectivity index (χ1) is 19.2. The van der Waals surface area contributed by atoms with E-state index in [1.165, 1.54) is 11.1 Å². The SMILES string of the molecule is Cc1cc(C)c2c(ccn2C(=O)OC(C)(C)C)c1C[C@@H]1CCN(CCF)C[C@H]1c1ccc(C(=O)OC(C)(C)C)cc1. The van der Waals surface area contributed by atoms with Gasteiger partial charge in [0.1, 0.15) is 17.9 Å². The molecule has 1 fully saturated rings. The third-order valence-corrected chi connectivity index (χ3v) is 7.76. The normalized spacial score (nSPS) is 18.5. The Kier molecular flexibility index (Phi) is 8.98. The number of carbonyl (C=O) groups is 2. The Morgan fingerprint density at radius 3 is 2.22 bits per heavy atom. The van der Waals surface area contributed by atoms with Gasteiger partial charge in [0.15, 0.2) is 0 Å². The van der Waals surface area contributed by atoms with E-state index in [-0.39, 0.29) is 24.7 Å². The molecule has 1 aliphatic heterocycles. The molecule has 0 bridgehead atoms. The number of piperidine rings is 1. The van der Waals surface area contributed by atoms with Crippen LogP contribution < -0.4 is 0 Å². The quantitative estimate of drug-likeness (QED) is 0.288. The molecule has 2 aromatic carbocycles. The van der Waals surface area contributed by atoms with Crippen LogP contribution in [0.25, 0.3) is 10.9 Å². The number of aryl methyl sites for hydroxylation is 2. The summed E-state index contributed by atoms with van der Waals surface area (Å²) in [6.07, 6.45) is 3.20. The summed E-state index contributed by atoms with van der Waals surface area (Å²) in [4.78, 5) is 27.8. The highest BCUT2D eigenvalue weighted by molar-refractivity contribution is 5.94. The van der Waals surface area contributed by atoms with E-state index in [9.17, 15) is 14.0 Å². The van der Waals surface area contributed by atoms with Crippen LogP contribution in [-0.4, -0.2) is 59.0 Å². The summed E-state index contributed by atoms with van der Waals surface area (Å²) in [5, 5.41) is 1.07. The largest absolute Gasteiger partial charge is 0.456 e. The minimum Gasteiger partial charge on any atom is -0.456 e. The van der Waals surface area contributed by atoms with Crippen molar-refractivity contribution in [1.29, 1.82) is 0 Å². The smallest absolute Gasteiger partial charge is 0.418 e. The van der Waals surface area contributed by atoms with Gasteiger partial charge in [0.2, 0.25) is 0 Å². The van der Waals surface area contributed by atoms with Crippen LogP contribution >= 0.6 is 0 Å². The number of fused-ring (bicyclic) bond motifs is 1. The number of halogens is 1. The Morgan fingerprint density at radius 2 is 1.61 bits per heavy atom. The number of ether oxygens (including phenoxy) is 2. The molecule has 0 unspecified atom stereocenters. The van der Waals surface area contributed by atoms with E-state index in [2.05, 4.69) is 17.9 Å². The minimum atomic E-state index is -0.588. The molecule has 0 amide bonds. The third kappa shape index (κ3) is 7.37. The summed E-state index contributed by atoms with van der Waals surface area (Å²) in [7, 11) is 0. The maximum Gasteiger partial charge on any atom is 0.418 e. The van der Waals surface area contributed by atoms with Crippen LogP contribution in [-0.2, 0) is 15.9 Å². The van der Waals surface area contributed by atoms with Crippen LogP contribution in [0, 0.1) is 19.8 Å². The van der Waals surface area contributed by atoms with Crippen molar-refractivity contribution in [2.75, 3.05) is 26.3 Å². The third-order valence-electron chi connectivity index (χ3n) is 7.76. The predicted octanol–water partition coefficient (Wildman–Crippen LogP) is 7.61. The van der Waals surface area contributed by atoms with Crippen molar-refractivity contribution in [1.82, 2.24) is 9.47 Å². The molecule has 0 spiro atoms. The zero-order valence-corrected chi connectivity index (χ0v) is 25.8. The molecule has 1 aromatic heterocycles. The molecule has 41 heavy (non-hydrogen) atoms. The van der Waals surface area contributed by atoms with E-state index in [1.54, 1.807) is 4.57 Å². The molecule has 3 aromatic rings. The fraction of sp³-hybridized carbons (Fsp3) is 0.529. The summed E-state index contributed by atoms with van der Waals surface area (Å²) < 4.78 is 26.2. The van der Waals surface area contributed by atoms with E-state index in [0.717, 1.165) is 48.0 Å². The van der Waals surface area contributed by atoms with Crippen molar-refractivity contribution < 1.29 is 23.5 Å². The highest BCUT2D eigenvalue weighted by Gasteiger charge is 2.32. The topological polar surface area (TPSA) is 60.8 Å². The van der Waals surface area contributed by atoms with E-state index < -0.39 is 11.2 Å². The molecule has 6 nitrogen and oxygen atoms in total. The first-order valence-electron chi connectivity index (χ1n) is 14.6. The number of carbonyl (C=O) groups excluding carboxylic acids is 2. The van der Waals surface area contributed by atoms with E-state index in [0.29, 0.717) is 18.0 Å². The van der Waals surface area contributed by atoms with Crippen LogP contribution in [0.5, 0.6) is 0 Å². The molecule has 222 valence electrons. The highest BCUT2D eigenvalue weighted by Crippen LogP contribution is 2.38. The molecule has 2 atom stereocenters. The molecule has 0 radical (unpaired) electrons. The van der Waals surface area contributed by atoms with Crippen LogP contribution in [0.1, 0.15) is 86.5 Å². The number of esters is 1. The van der Waals surface area contributed by atoms with Gasteiger partial charge in [0, 0.05) is 24.7 Å². The first kappa shape index (κ1) is 30.8. The Bertz CT molecular complexity index is 1400. The van der Waals surface area contributed by atoms with Gasteiger partial charge < -0.3 is 14.4 Å². The zero-order chi connectivity index (χ0) is 30.1. The van der Waals surface area contributed by atoms with Crippen molar-refractivity contribution in [2.24, 2.45) is 5.92 Å².